The number of Topliss-reactive ketones (excluding diaryl/α,β-unsaturated/α-hetero) is 3. The molecule has 0 rings (SSSR count). The summed E-state index contributed by atoms with van der Waals surface area (Å²) < 4.78 is 2.09. The van der Waals surface area contributed by atoms with Gasteiger partial charge in [0.05, 0.1) is 0 Å². The standard InChI is InChI=1S/3C4H6O3.CH3.Zr/c3*1-3(5)2-4(6)7;;/h3*2H2,1H3,(H,6,7);1H3;/q;;;;+3/p-3. The average Bonchev–Trinajstić information content (AvgIpc) is 2.26. The van der Waals surface area contributed by atoms with Crippen LogP contribution >= 0.6 is 0 Å². The third kappa shape index (κ3) is 64.1. The Labute approximate surface area is 148 Å². The monoisotopic (exact) mass is 408 g/mol. The number of hydrogen-bond acceptors (Lipinski definition) is 9. The molecular weight excluding hydrogens is 391 g/mol. The summed E-state index contributed by atoms with van der Waals surface area (Å²) in [5.41, 5.74) is 0. The first-order valence-corrected chi connectivity index (χ1v) is 8.42. The molecule has 0 aromatic carbocycles. The summed E-state index contributed by atoms with van der Waals surface area (Å²) in [7, 11) is 0. The first kappa shape index (κ1) is 29.3. The molecule has 0 aromatic heterocycles. The van der Waals surface area contributed by atoms with Crippen molar-refractivity contribution in [1.29, 1.82) is 0 Å². The predicted octanol–water partition coefficient (Wildman–Crippen LogP) is -3.27. The van der Waals surface area contributed by atoms with Gasteiger partial charge in [-0.3, -0.25) is 14.4 Å². The fourth-order valence-electron chi connectivity index (χ4n) is 0.610. The van der Waals surface area contributed by atoms with Crippen molar-refractivity contribution in [3.63, 3.8) is 0 Å². The van der Waals surface area contributed by atoms with Crippen molar-refractivity contribution in [1.82, 2.24) is 0 Å². The van der Waals surface area contributed by atoms with E-state index in [9.17, 15) is 44.1 Å². The zero-order chi connectivity index (χ0) is 19.6. The van der Waals surface area contributed by atoms with Crippen LogP contribution in [0, 0.1) is 0 Å². The molecule has 0 aromatic rings. The molecule has 0 aliphatic carbocycles. The number of carboxylic acid groups (broad SMARTS) is 3. The number of ketones is 3. The Bertz CT molecular complexity index is 318. The van der Waals surface area contributed by atoms with E-state index < -0.39 is 37.2 Å². The fourth-order valence-corrected chi connectivity index (χ4v) is 0.610. The molecule has 0 fully saturated rings. The molecule has 0 aliphatic heterocycles. The van der Waals surface area contributed by atoms with Gasteiger partial charge in [0.1, 0.15) is 17.3 Å². The normalized spacial score (nSPS) is 7.74. The van der Waals surface area contributed by atoms with Gasteiger partial charge in [0.15, 0.2) is 0 Å². The molecule has 128 valence electrons. The quantitative estimate of drug-likeness (QED) is 0.408. The van der Waals surface area contributed by atoms with Gasteiger partial charge >= 0.3 is 29.4 Å². The zero-order valence-corrected chi connectivity index (χ0v) is 15.8. The number of aliphatic carboxylic acids is 3. The van der Waals surface area contributed by atoms with Crippen molar-refractivity contribution in [2.75, 3.05) is 0 Å². The fraction of sp³-hybridized carbons (Fsp3) is 0.538. The maximum absolute atomic E-state index is 9.83. The molecular formula is C13H18O9Zr. The molecule has 0 saturated carbocycles. The predicted molar refractivity (Wildman–Crippen MR) is 66.8 cm³/mol. The van der Waals surface area contributed by atoms with Crippen LogP contribution < -0.4 is 15.3 Å². The van der Waals surface area contributed by atoms with Crippen LogP contribution in [0.4, 0.5) is 0 Å². The summed E-state index contributed by atoms with van der Waals surface area (Å²) >= 11 is 1.55. The van der Waals surface area contributed by atoms with Gasteiger partial charge in [-0.05, 0) is 20.8 Å². The Morgan fingerprint density at radius 3 is 0.696 bits per heavy atom. The summed E-state index contributed by atoms with van der Waals surface area (Å²) in [4.78, 5) is 57.9. The Morgan fingerprint density at radius 2 is 0.696 bits per heavy atom. The number of rotatable bonds is 6. The Morgan fingerprint density at radius 1 is 0.565 bits per heavy atom. The van der Waals surface area contributed by atoms with Crippen molar-refractivity contribution in [2.45, 2.75) is 44.7 Å². The van der Waals surface area contributed by atoms with Gasteiger partial charge < -0.3 is 29.7 Å². The second kappa shape index (κ2) is 20.3. The van der Waals surface area contributed by atoms with E-state index in [0.717, 1.165) is 0 Å². The molecule has 23 heavy (non-hydrogen) atoms. The van der Waals surface area contributed by atoms with Crippen molar-refractivity contribution >= 4 is 35.3 Å². The second-order valence-electron chi connectivity index (χ2n) is 3.75. The molecule has 0 spiro atoms. The minimum absolute atomic E-state index is 0.375. The first-order chi connectivity index (χ1) is 10.4. The second-order valence-corrected chi connectivity index (χ2v) is 3.75. The van der Waals surface area contributed by atoms with E-state index in [1.54, 1.807) is 24.7 Å². The zero-order valence-electron chi connectivity index (χ0n) is 13.3. The summed E-state index contributed by atoms with van der Waals surface area (Å²) in [5.74, 6) is -5.06. The van der Waals surface area contributed by atoms with Crippen molar-refractivity contribution in [3.05, 3.63) is 0 Å². The van der Waals surface area contributed by atoms with Crippen LogP contribution in [0.5, 0.6) is 0 Å². The van der Waals surface area contributed by atoms with Gasteiger partial charge in [-0.1, -0.05) is 0 Å². The van der Waals surface area contributed by atoms with Crippen LogP contribution in [0.25, 0.3) is 0 Å². The number of hydrogen-bond donors (Lipinski definition) is 0. The summed E-state index contributed by atoms with van der Waals surface area (Å²) in [5, 5.41) is 28.4. The third-order valence-electron chi connectivity index (χ3n) is 1.18. The molecule has 0 atom stereocenters. The third-order valence-corrected chi connectivity index (χ3v) is 1.18. The topological polar surface area (TPSA) is 172 Å². The van der Waals surface area contributed by atoms with Gasteiger partial charge in [-0.25, -0.2) is 0 Å². The molecule has 0 aliphatic rings. The Kier molecular flexibility index (Phi) is 25.9. The van der Waals surface area contributed by atoms with Crippen LogP contribution in [-0.2, 0) is 53.5 Å². The number of carbonyl (C=O) groups excluding carboxylic acids is 6. The van der Waals surface area contributed by atoms with E-state index in [4.69, 9.17) is 0 Å². The van der Waals surface area contributed by atoms with E-state index in [-0.39, 0.29) is 17.3 Å². The molecule has 0 unspecified atom stereocenters. The molecule has 0 heterocycles. The summed E-state index contributed by atoms with van der Waals surface area (Å²) in [6, 6.07) is 0. The molecule has 0 radical (unpaired) electrons. The molecule has 0 amide bonds. The minimum atomic E-state index is -1.31. The SMILES string of the molecule is CC(=O)CC(=O)[O-].CC(=O)CC(=O)[O-].CC(=O)CC(=O)[O-].[CH3][Zr+3]. The summed E-state index contributed by atoms with van der Waals surface area (Å²) in [6.07, 6.45) is -1.42. The van der Waals surface area contributed by atoms with Crippen LogP contribution in [0.2, 0.25) is 4.63 Å². The molecule has 9 nitrogen and oxygen atoms in total. The molecule has 0 bridgehead atoms. The summed E-state index contributed by atoms with van der Waals surface area (Å²) in [6.45, 7) is 3.61. The van der Waals surface area contributed by atoms with Crippen molar-refractivity contribution in [2.24, 2.45) is 0 Å². The van der Waals surface area contributed by atoms with Gasteiger partial charge in [0.2, 0.25) is 0 Å². The average molecular weight is 410 g/mol. The molecule has 10 heteroatoms. The van der Waals surface area contributed by atoms with E-state index >= 15 is 0 Å². The number of carboxylic acids is 3. The van der Waals surface area contributed by atoms with Crippen LogP contribution in [0.1, 0.15) is 40.0 Å². The van der Waals surface area contributed by atoms with E-state index in [1.165, 1.54) is 20.8 Å². The molecule has 0 saturated heterocycles. The van der Waals surface area contributed by atoms with Gasteiger partial charge in [0, 0.05) is 37.2 Å². The van der Waals surface area contributed by atoms with Crippen LogP contribution in [0.3, 0.4) is 0 Å². The van der Waals surface area contributed by atoms with Gasteiger partial charge in [0.25, 0.3) is 0 Å². The number of carbonyl (C=O) groups is 6. The van der Waals surface area contributed by atoms with Crippen LogP contribution in [-0.4, -0.2) is 35.3 Å². The van der Waals surface area contributed by atoms with E-state index in [1.807, 2.05) is 0 Å². The van der Waals surface area contributed by atoms with Crippen molar-refractivity contribution < 1.29 is 68.8 Å². The van der Waals surface area contributed by atoms with Crippen LogP contribution in [0.15, 0.2) is 0 Å². The first-order valence-electron chi connectivity index (χ1n) is 5.96. The van der Waals surface area contributed by atoms with E-state index in [0.29, 0.717) is 0 Å². The van der Waals surface area contributed by atoms with Gasteiger partial charge in [-0.15, -0.1) is 0 Å². The Hall–Kier alpha value is -1.70. The maximum atomic E-state index is 9.83. The van der Waals surface area contributed by atoms with Crippen molar-refractivity contribution in [3.8, 4) is 0 Å². The van der Waals surface area contributed by atoms with Gasteiger partial charge in [-0.2, -0.15) is 0 Å². The Balaban J connectivity index is -0.000000111. The molecule has 0 N–H and O–H groups in total. The van der Waals surface area contributed by atoms with E-state index in [2.05, 4.69) is 4.63 Å².